The summed E-state index contributed by atoms with van der Waals surface area (Å²) in [6.07, 6.45) is 2.95. The Kier molecular flexibility index (Phi) is 2.50. The molecule has 0 aromatic rings. The maximum Gasteiger partial charge on any atom is 0.0659 e. The van der Waals surface area contributed by atoms with Crippen LogP contribution in [0.15, 0.2) is 0 Å². The summed E-state index contributed by atoms with van der Waals surface area (Å²) in [6, 6.07) is 0. The third-order valence-electron chi connectivity index (χ3n) is 3.70. The highest BCUT2D eigenvalue weighted by molar-refractivity contribution is 5.01. The number of nitrogens with two attached hydrogens (primary N) is 1. The first-order valence-electron chi connectivity index (χ1n) is 4.87. The Morgan fingerprint density at radius 3 is 2.17 bits per heavy atom. The molecule has 0 amide bonds. The van der Waals surface area contributed by atoms with Crippen LogP contribution >= 0.6 is 0 Å². The molecule has 72 valence electrons. The molecule has 1 fully saturated rings. The van der Waals surface area contributed by atoms with Gasteiger partial charge in [0.15, 0.2) is 0 Å². The zero-order chi connectivity index (χ0) is 9.41. The van der Waals surface area contributed by atoms with Gasteiger partial charge in [-0.15, -0.1) is 0 Å². The number of hydrogen-bond acceptors (Lipinski definition) is 2. The van der Waals surface area contributed by atoms with Crippen LogP contribution in [0.2, 0.25) is 0 Å². The fraction of sp³-hybridized carbons (Fsp3) is 1.00. The molecule has 1 saturated carbocycles. The Morgan fingerprint density at radius 1 is 1.42 bits per heavy atom. The maximum atomic E-state index is 10.1. The van der Waals surface area contributed by atoms with Crippen LogP contribution in [0.1, 0.15) is 40.0 Å². The van der Waals surface area contributed by atoms with Crippen LogP contribution in [0, 0.1) is 10.8 Å². The average molecular weight is 171 g/mol. The molecular formula is C10H21NO. The molecule has 3 N–H and O–H groups in total. The van der Waals surface area contributed by atoms with Crippen molar-refractivity contribution >= 4 is 0 Å². The van der Waals surface area contributed by atoms with Crippen LogP contribution < -0.4 is 5.73 Å². The summed E-state index contributed by atoms with van der Waals surface area (Å²) < 4.78 is 0. The van der Waals surface area contributed by atoms with Crippen molar-refractivity contribution < 1.29 is 5.11 Å². The fourth-order valence-corrected chi connectivity index (χ4v) is 2.40. The van der Waals surface area contributed by atoms with E-state index >= 15 is 0 Å². The van der Waals surface area contributed by atoms with E-state index in [1.807, 2.05) is 0 Å². The second-order valence-electron chi connectivity index (χ2n) is 4.81. The van der Waals surface area contributed by atoms with Gasteiger partial charge >= 0.3 is 0 Å². The summed E-state index contributed by atoms with van der Waals surface area (Å²) in [6.45, 7) is 7.00. The van der Waals surface area contributed by atoms with Crippen molar-refractivity contribution in [3.8, 4) is 0 Å². The van der Waals surface area contributed by atoms with Gasteiger partial charge in [-0.25, -0.2) is 0 Å². The van der Waals surface area contributed by atoms with Crippen molar-refractivity contribution in [3.05, 3.63) is 0 Å². The van der Waals surface area contributed by atoms with Crippen LogP contribution in [0.5, 0.6) is 0 Å². The summed E-state index contributed by atoms with van der Waals surface area (Å²) in [5.74, 6) is 0. The molecule has 0 radical (unpaired) electrons. The van der Waals surface area contributed by atoms with Crippen LogP contribution in [0.4, 0.5) is 0 Å². The lowest BCUT2D eigenvalue weighted by Crippen LogP contribution is -2.42. The molecule has 0 aliphatic heterocycles. The molecule has 1 aliphatic carbocycles. The predicted octanol–water partition coefficient (Wildman–Crippen LogP) is 1.52. The van der Waals surface area contributed by atoms with Gasteiger partial charge in [0.05, 0.1) is 6.10 Å². The van der Waals surface area contributed by atoms with Gasteiger partial charge in [-0.1, -0.05) is 20.8 Å². The molecule has 2 heteroatoms. The Balaban J connectivity index is 2.83. The van der Waals surface area contributed by atoms with Crippen LogP contribution in [0.3, 0.4) is 0 Å². The summed E-state index contributed by atoms with van der Waals surface area (Å²) in [4.78, 5) is 0. The first-order valence-corrected chi connectivity index (χ1v) is 4.87. The molecule has 0 aromatic heterocycles. The summed E-state index contributed by atoms with van der Waals surface area (Å²) >= 11 is 0. The molecule has 0 bridgehead atoms. The Bertz CT molecular complexity index is 161. The number of rotatable bonds is 2. The van der Waals surface area contributed by atoms with E-state index in [4.69, 9.17) is 5.73 Å². The van der Waals surface area contributed by atoms with Gasteiger partial charge in [-0.3, -0.25) is 0 Å². The van der Waals surface area contributed by atoms with Gasteiger partial charge in [-0.2, -0.15) is 0 Å². The first kappa shape index (κ1) is 10.0. The molecule has 0 heterocycles. The average Bonchev–Trinajstić information content (AvgIpc) is 2.27. The second kappa shape index (κ2) is 3.00. The molecule has 0 saturated heterocycles. The van der Waals surface area contributed by atoms with E-state index < -0.39 is 0 Å². The molecule has 1 aliphatic rings. The van der Waals surface area contributed by atoms with Crippen molar-refractivity contribution in [1.82, 2.24) is 0 Å². The van der Waals surface area contributed by atoms with Gasteiger partial charge in [0, 0.05) is 12.0 Å². The largest absolute Gasteiger partial charge is 0.392 e. The highest BCUT2D eigenvalue weighted by Gasteiger charge is 2.49. The van der Waals surface area contributed by atoms with Gasteiger partial charge in [-0.05, 0) is 24.7 Å². The number of hydrogen-bond donors (Lipinski definition) is 2. The lowest BCUT2D eigenvalue weighted by molar-refractivity contribution is -0.00665. The zero-order valence-corrected chi connectivity index (χ0v) is 8.43. The monoisotopic (exact) mass is 171 g/mol. The molecular weight excluding hydrogens is 150 g/mol. The quantitative estimate of drug-likeness (QED) is 0.661. The van der Waals surface area contributed by atoms with Crippen molar-refractivity contribution in [1.29, 1.82) is 0 Å². The smallest absolute Gasteiger partial charge is 0.0659 e. The maximum absolute atomic E-state index is 10.1. The van der Waals surface area contributed by atoms with E-state index in [1.165, 1.54) is 0 Å². The van der Waals surface area contributed by atoms with E-state index in [0.29, 0.717) is 6.54 Å². The molecule has 12 heavy (non-hydrogen) atoms. The highest BCUT2D eigenvalue weighted by atomic mass is 16.3. The van der Waals surface area contributed by atoms with Crippen molar-refractivity contribution in [2.45, 2.75) is 46.1 Å². The minimum absolute atomic E-state index is 0.00347. The van der Waals surface area contributed by atoms with E-state index in [0.717, 1.165) is 19.3 Å². The third kappa shape index (κ3) is 1.27. The molecule has 2 nitrogen and oxygen atoms in total. The zero-order valence-electron chi connectivity index (χ0n) is 8.43. The van der Waals surface area contributed by atoms with Crippen molar-refractivity contribution in [2.24, 2.45) is 16.6 Å². The van der Waals surface area contributed by atoms with Crippen molar-refractivity contribution in [2.75, 3.05) is 6.54 Å². The summed E-state index contributed by atoms with van der Waals surface area (Å²) in [7, 11) is 0. The van der Waals surface area contributed by atoms with Crippen LogP contribution in [0.25, 0.3) is 0 Å². The molecule has 2 unspecified atom stereocenters. The lowest BCUT2D eigenvalue weighted by atomic mass is 9.76. The molecule has 2 atom stereocenters. The number of aliphatic hydroxyl groups excluding tert-OH is 1. The van der Waals surface area contributed by atoms with Gasteiger partial charge in [0.2, 0.25) is 0 Å². The minimum Gasteiger partial charge on any atom is -0.392 e. The van der Waals surface area contributed by atoms with Gasteiger partial charge in [0.25, 0.3) is 0 Å². The van der Waals surface area contributed by atoms with Crippen molar-refractivity contribution in [3.63, 3.8) is 0 Å². The third-order valence-corrected chi connectivity index (χ3v) is 3.70. The molecule has 1 rings (SSSR count). The summed E-state index contributed by atoms with van der Waals surface area (Å²) in [5, 5.41) is 10.1. The van der Waals surface area contributed by atoms with Crippen LogP contribution in [-0.2, 0) is 0 Å². The fourth-order valence-electron chi connectivity index (χ4n) is 2.40. The Labute approximate surface area is 75.2 Å². The van der Waals surface area contributed by atoms with E-state index in [-0.39, 0.29) is 16.9 Å². The highest BCUT2D eigenvalue weighted by Crippen LogP contribution is 2.50. The predicted molar refractivity (Wildman–Crippen MR) is 50.8 cm³/mol. The molecule has 0 spiro atoms. The Morgan fingerprint density at radius 2 is 2.00 bits per heavy atom. The van der Waals surface area contributed by atoms with Gasteiger partial charge in [0.1, 0.15) is 0 Å². The van der Waals surface area contributed by atoms with E-state index in [1.54, 1.807) is 0 Å². The SMILES string of the molecule is CCC1(CN)CCC(C)(C)C1O. The summed E-state index contributed by atoms with van der Waals surface area (Å²) in [5.41, 5.74) is 5.80. The van der Waals surface area contributed by atoms with Gasteiger partial charge < -0.3 is 10.8 Å². The van der Waals surface area contributed by atoms with E-state index in [2.05, 4.69) is 20.8 Å². The lowest BCUT2D eigenvalue weighted by Gasteiger charge is -2.34. The van der Waals surface area contributed by atoms with E-state index in [9.17, 15) is 5.11 Å². The molecule has 0 aromatic carbocycles. The first-order chi connectivity index (χ1) is 5.48. The minimum atomic E-state index is -0.222. The number of aliphatic hydroxyl groups is 1. The second-order valence-corrected chi connectivity index (χ2v) is 4.81. The standard InChI is InChI=1S/C10H21NO/c1-4-10(7-11)6-5-9(2,3)8(10)12/h8,12H,4-7,11H2,1-3H3. The Hall–Kier alpha value is -0.0800. The van der Waals surface area contributed by atoms with Crippen LogP contribution in [-0.4, -0.2) is 17.8 Å². The topological polar surface area (TPSA) is 46.2 Å². The normalized spacial score (nSPS) is 40.2.